The summed E-state index contributed by atoms with van der Waals surface area (Å²) in [4.78, 5) is 11.4. The van der Waals surface area contributed by atoms with Gasteiger partial charge in [0.15, 0.2) is 6.29 Å². The molecule has 1 aromatic rings. The van der Waals surface area contributed by atoms with E-state index < -0.39 is 0 Å². The maximum Gasteiger partial charge on any atom is 0.306 e. The predicted octanol–water partition coefficient (Wildman–Crippen LogP) is 2.35. The Kier molecular flexibility index (Phi) is 3.86. The Morgan fingerprint density at radius 1 is 0.864 bits per heavy atom. The lowest BCUT2D eigenvalue weighted by molar-refractivity contribution is -0.272. The van der Waals surface area contributed by atoms with E-state index in [4.69, 9.17) is 18.9 Å². The van der Waals surface area contributed by atoms with Crippen molar-refractivity contribution in [3.05, 3.63) is 35.9 Å². The second kappa shape index (κ2) is 5.99. The predicted molar refractivity (Wildman–Crippen MR) is 77.0 cm³/mol. The zero-order chi connectivity index (χ0) is 14.9. The van der Waals surface area contributed by atoms with Crippen LogP contribution in [0.5, 0.6) is 0 Å². The number of carbonyl (C=O) groups is 1. The first-order chi connectivity index (χ1) is 10.8. The molecule has 0 saturated carbocycles. The Bertz CT molecular complexity index is 531. The normalized spacial score (nSPS) is 38.4. The lowest BCUT2D eigenvalue weighted by Gasteiger charge is -2.37. The average Bonchev–Trinajstić information content (AvgIpc) is 2.74. The maximum atomic E-state index is 11.4. The fourth-order valence-corrected chi connectivity index (χ4v) is 3.44. The molecule has 0 amide bonds. The molecule has 0 aromatic heterocycles. The molecule has 0 radical (unpaired) electrons. The number of carbonyl (C=O) groups excluding carboxylic acids is 1. The van der Waals surface area contributed by atoms with Gasteiger partial charge in [0.1, 0.15) is 12.2 Å². The van der Waals surface area contributed by atoms with E-state index in [2.05, 4.69) is 0 Å². The summed E-state index contributed by atoms with van der Waals surface area (Å²) < 4.78 is 23.5. The van der Waals surface area contributed by atoms with E-state index in [1.54, 1.807) is 0 Å². The molecule has 3 aliphatic rings. The highest BCUT2D eigenvalue weighted by Crippen LogP contribution is 2.35. The van der Waals surface area contributed by atoms with Crippen LogP contribution in [0.15, 0.2) is 30.3 Å². The third kappa shape index (κ3) is 2.76. The number of fused-ring (bicyclic) bond motifs is 2. The third-order valence-electron chi connectivity index (χ3n) is 4.61. The molecule has 0 bridgehead atoms. The minimum Gasteiger partial charge on any atom is -0.460 e. The van der Waals surface area contributed by atoms with E-state index in [9.17, 15) is 4.79 Å². The fraction of sp³-hybridized carbons (Fsp3) is 0.588. The first kappa shape index (κ1) is 14.2. The second-order valence-electron chi connectivity index (χ2n) is 6.11. The smallest absolute Gasteiger partial charge is 0.306 e. The molecule has 5 nitrogen and oxygen atoms in total. The molecule has 5 heteroatoms. The summed E-state index contributed by atoms with van der Waals surface area (Å²) in [7, 11) is 0. The molecule has 0 spiro atoms. The van der Waals surface area contributed by atoms with Crippen LogP contribution in [0.2, 0.25) is 0 Å². The van der Waals surface area contributed by atoms with Crippen LogP contribution in [0.3, 0.4) is 0 Å². The summed E-state index contributed by atoms with van der Waals surface area (Å²) in [6.45, 7) is 0.515. The molecule has 0 aliphatic carbocycles. The van der Waals surface area contributed by atoms with E-state index in [1.165, 1.54) is 0 Å². The van der Waals surface area contributed by atoms with Crippen molar-refractivity contribution in [2.75, 3.05) is 6.61 Å². The van der Waals surface area contributed by atoms with Gasteiger partial charge in [-0.3, -0.25) is 4.79 Å². The molecule has 3 aliphatic heterocycles. The van der Waals surface area contributed by atoms with Gasteiger partial charge in [-0.15, -0.1) is 0 Å². The SMILES string of the molecule is O=C1CCC2OC3CO[C@@H](c4ccccc4)OC3CCC2O1. The molecule has 5 atom stereocenters. The minimum atomic E-state index is -0.339. The van der Waals surface area contributed by atoms with Crippen molar-refractivity contribution in [2.45, 2.75) is 56.4 Å². The van der Waals surface area contributed by atoms with Crippen molar-refractivity contribution >= 4 is 5.97 Å². The van der Waals surface area contributed by atoms with Gasteiger partial charge in [0, 0.05) is 12.0 Å². The van der Waals surface area contributed by atoms with Gasteiger partial charge in [-0.2, -0.15) is 0 Å². The summed E-state index contributed by atoms with van der Waals surface area (Å²) in [5, 5.41) is 0. The van der Waals surface area contributed by atoms with Crippen molar-refractivity contribution in [2.24, 2.45) is 0 Å². The van der Waals surface area contributed by atoms with Gasteiger partial charge >= 0.3 is 5.97 Å². The number of rotatable bonds is 1. The number of hydrogen-bond donors (Lipinski definition) is 0. The molecule has 3 fully saturated rings. The van der Waals surface area contributed by atoms with E-state index in [0.717, 1.165) is 24.8 Å². The lowest BCUT2D eigenvalue weighted by atomic mass is 10.0. The van der Waals surface area contributed by atoms with Gasteiger partial charge in [0.25, 0.3) is 0 Å². The highest BCUT2D eigenvalue weighted by Gasteiger charge is 2.42. The molecule has 118 valence electrons. The summed E-state index contributed by atoms with van der Waals surface area (Å²) in [6.07, 6.45) is 2.20. The average molecular weight is 304 g/mol. The Labute approximate surface area is 129 Å². The molecule has 3 heterocycles. The molecule has 4 unspecified atom stereocenters. The molecular weight excluding hydrogens is 284 g/mol. The van der Waals surface area contributed by atoms with Crippen molar-refractivity contribution in [1.82, 2.24) is 0 Å². The molecule has 3 saturated heterocycles. The first-order valence-corrected chi connectivity index (χ1v) is 7.96. The first-order valence-electron chi connectivity index (χ1n) is 7.96. The zero-order valence-corrected chi connectivity index (χ0v) is 12.4. The number of benzene rings is 1. The Morgan fingerprint density at radius 2 is 1.64 bits per heavy atom. The van der Waals surface area contributed by atoms with E-state index >= 15 is 0 Å². The second-order valence-corrected chi connectivity index (χ2v) is 6.11. The van der Waals surface area contributed by atoms with Gasteiger partial charge in [-0.1, -0.05) is 30.3 Å². The number of ether oxygens (including phenoxy) is 4. The van der Waals surface area contributed by atoms with Gasteiger partial charge in [-0.25, -0.2) is 0 Å². The largest absolute Gasteiger partial charge is 0.460 e. The van der Waals surface area contributed by atoms with Crippen LogP contribution in [-0.4, -0.2) is 37.0 Å². The van der Waals surface area contributed by atoms with Crippen LogP contribution < -0.4 is 0 Å². The number of hydrogen-bond acceptors (Lipinski definition) is 5. The Hall–Kier alpha value is -1.43. The zero-order valence-electron chi connectivity index (χ0n) is 12.4. The van der Waals surface area contributed by atoms with Crippen LogP contribution in [0.4, 0.5) is 0 Å². The highest BCUT2D eigenvalue weighted by molar-refractivity contribution is 5.70. The maximum absolute atomic E-state index is 11.4. The lowest BCUT2D eigenvalue weighted by Crippen LogP contribution is -2.44. The Morgan fingerprint density at radius 3 is 2.50 bits per heavy atom. The third-order valence-corrected chi connectivity index (χ3v) is 4.61. The van der Waals surface area contributed by atoms with Crippen LogP contribution >= 0.6 is 0 Å². The highest BCUT2D eigenvalue weighted by atomic mass is 16.7. The Balaban J connectivity index is 1.46. The van der Waals surface area contributed by atoms with Gasteiger partial charge in [0.2, 0.25) is 0 Å². The fourth-order valence-electron chi connectivity index (χ4n) is 3.44. The molecule has 1 aromatic carbocycles. The van der Waals surface area contributed by atoms with E-state index in [-0.39, 0.29) is 36.7 Å². The van der Waals surface area contributed by atoms with Crippen LogP contribution in [0, 0.1) is 0 Å². The monoisotopic (exact) mass is 304 g/mol. The topological polar surface area (TPSA) is 54.0 Å². The summed E-state index contributed by atoms with van der Waals surface area (Å²) in [5.41, 5.74) is 1.02. The standard InChI is InChI=1S/C17H20O5/c18-16-9-8-12-13(21-16)6-7-14-15(20-12)10-19-17(22-14)11-4-2-1-3-5-11/h1-5,12-15,17H,6-10H2/t12?,13?,14?,15?,17-/m1/s1. The van der Waals surface area contributed by atoms with Crippen molar-refractivity contribution in [3.8, 4) is 0 Å². The van der Waals surface area contributed by atoms with Gasteiger partial charge < -0.3 is 18.9 Å². The van der Waals surface area contributed by atoms with Crippen molar-refractivity contribution in [3.63, 3.8) is 0 Å². The van der Waals surface area contributed by atoms with Crippen molar-refractivity contribution < 1.29 is 23.7 Å². The van der Waals surface area contributed by atoms with Crippen LogP contribution in [0.25, 0.3) is 0 Å². The minimum absolute atomic E-state index is 0.0109. The molecule has 22 heavy (non-hydrogen) atoms. The van der Waals surface area contributed by atoms with E-state index in [0.29, 0.717) is 13.0 Å². The van der Waals surface area contributed by atoms with Crippen molar-refractivity contribution in [1.29, 1.82) is 0 Å². The quantitative estimate of drug-likeness (QED) is 0.746. The summed E-state index contributed by atoms with van der Waals surface area (Å²) >= 11 is 0. The molecule has 0 N–H and O–H groups in total. The number of esters is 1. The van der Waals surface area contributed by atoms with Gasteiger partial charge in [-0.05, 0) is 19.3 Å². The summed E-state index contributed by atoms with van der Waals surface area (Å²) in [6, 6.07) is 9.94. The van der Waals surface area contributed by atoms with Crippen LogP contribution in [0.1, 0.15) is 37.5 Å². The van der Waals surface area contributed by atoms with Gasteiger partial charge in [0.05, 0.1) is 18.8 Å². The molecule has 4 rings (SSSR count). The van der Waals surface area contributed by atoms with E-state index in [1.807, 2.05) is 30.3 Å². The van der Waals surface area contributed by atoms with Crippen LogP contribution in [-0.2, 0) is 23.7 Å². The summed E-state index contributed by atoms with van der Waals surface area (Å²) in [5.74, 6) is -0.117. The molecular formula is C17H20O5.